The van der Waals surface area contributed by atoms with Crippen molar-refractivity contribution in [3.8, 4) is 0 Å². The summed E-state index contributed by atoms with van der Waals surface area (Å²) < 4.78 is 26.7. The van der Waals surface area contributed by atoms with Gasteiger partial charge in [0.2, 0.25) is 10.0 Å². The number of nitrogens with zero attached hydrogens (tertiary/aromatic N) is 1. The molecule has 0 aliphatic carbocycles. The highest BCUT2D eigenvalue weighted by atomic mass is 35.5. The number of carbonyl (C=O) groups excluding carboxylic acids is 2. The number of hydrogen-bond donors (Lipinski definition) is 1. The Bertz CT molecular complexity index is 959. The third kappa shape index (κ3) is 3.41. The highest BCUT2D eigenvalue weighted by Crippen LogP contribution is 2.28. The molecular formula is C16H12Cl2N2O4S. The summed E-state index contributed by atoms with van der Waals surface area (Å²) in [7, 11) is -3.76. The summed E-state index contributed by atoms with van der Waals surface area (Å²) in [5.41, 5.74) is 0.368. The molecule has 1 aliphatic rings. The maximum atomic E-state index is 12.3. The van der Waals surface area contributed by atoms with Gasteiger partial charge in [-0.25, -0.2) is 13.1 Å². The van der Waals surface area contributed by atoms with E-state index in [-0.39, 0.29) is 34.1 Å². The van der Waals surface area contributed by atoms with Crippen LogP contribution in [0.25, 0.3) is 0 Å². The second-order valence-electron chi connectivity index (χ2n) is 5.28. The van der Waals surface area contributed by atoms with Crippen molar-refractivity contribution in [1.29, 1.82) is 0 Å². The molecule has 1 N–H and O–H groups in total. The molecule has 0 saturated carbocycles. The van der Waals surface area contributed by atoms with Crippen molar-refractivity contribution < 1.29 is 18.0 Å². The van der Waals surface area contributed by atoms with Gasteiger partial charge < -0.3 is 0 Å². The van der Waals surface area contributed by atoms with Crippen LogP contribution in [-0.2, 0) is 10.0 Å². The first kappa shape index (κ1) is 17.9. The molecule has 1 heterocycles. The van der Waals surface area contributed by atoms with E-state index in [1.807, 2.05) is 0 Å². The van der Waals surface area contributed by atoms with E-state index in [9.17, 15) is 18.0 Å². The molecule has 2 amide bonds. The van der Waals surface area contributed by atoms with Crippen molar-refractivity contribution in [2.45, 2.75) is 4.90 Å². The van der Waals surface area contributed by atoms with Crippen LogP contribution in [0.1, 0.15) is 20.7 Å². The van der Waals surface area contributed by atoms with Crippen molar-refractivity contribution in [1.82, 2.24) is 9.62 Å². The predicted octanol–water partition coefficient (Wildman–Crippen LogP) is 2.57. The molecule has 2 aromatic carbocycles. The van der Waals surface area contributed by atoms with Crippen LogP contribution in [0, 0.1) is 0 Å². The first-order valence-electron chi connectivity index (χ1n) is 7.21. The second-order valence-corrected chi connectivity index (χ2v) is 7.89. The zero-order valence-electron chi connectivity index (χ0n) is 12.7. The number of hydrogen-bond acceptors (Lipinski definition) is 4. The maximum Gasteiger partial charge on any atom is 0.263 e. The summed E-state index contributed by atoms with van der Waals surface area (Å²) in [6.07, 6.45) is 0. The maximum absolute atomic E-state index is 12.3. The Kier molecular flexibility index (Phi) is 4.83. The Morgan fingerprint density at radius 3 is 2.28 bits per heavy atom. The van der Waals surface area contributed by atoms with Crippen LogP contribution in [-0.4, -0.2) is 38.2 Å². The fourth-order valence-electron chi connectivity index (χ4n) is 2.48. The minimum absolute atomic E-state index is 0.0438. The van der Waals surface area contributed by atoms with Crippen LogP contribution in [0.4, 0.5) is 0 Å². The van der Waals surface area contributed by atoms with Crippen molar-refractivity contribution in [2.24, 2.45) is 0 Å². The summed E-state index contributed by atoms with van der Waals surface area (Å²) in [6.45, 7) is -0.219. The van der Waals surface area contributed by atoms with E-state index in [0.717, 1.165) is 4.90 Å². The summed E-state index contributed by atoms with van der Waals surface area (Å²) in [4.78, 5) is 25.6. The second kappa shape index (κ2) is 6.76. The Balaban J connectivity index is 1.69. The minimum atomic E-state index is -3.76. The number of imide groups is 1. The highest BCUT2D eigenvalue weighted by molar-refractivity contribution is 7.89. The van der Waals surface area contributed by atoms with Crippen LogP contribution >= 0.6 is 23.2 Å². The summed E-state index contributed by atoms with van der Waals surface area (Å²) in [6, 6.07) is 10.3. The van der Waals surface area contributed by atoms with Gasteiger partial charge in [-0.15, -0.1) is 0 Å². The number of sulfonamides is 1. The van der Waals surface area contributed by atoms with Crippen LogP contribution in [0.15, 0.2) is 47.4 Å². The highest BCUT2D eigenvalue weighted by Gasteiger charge is 2.36. The zero-order valence-corrected chi connectivity index (χ0v) is 15.0. The molecule has 6 nitrogen and oxygen atoms in total. The Morgan fingerprint density at radius 1 is 0.960 bits per heavy atom. The molecule has 0 bridgehead atoms. The van der Waals surface area contributed by atoms with E-state index in [0.29, 0.717) is 5.02 Å². The van der Waals surface area contributed by atoms with Crippen molar-refractivity contribution >= 4 is 45.0 Å². The van der Waals surface area contributed by atoms with Gasteiger partial charge in [0.15, 0.2) is 0 Å². The normalized spacial score (nSPS) is 14.1. The molecule has 0 spiro atoms. The molecule has 0 aromatic heterocycles. The quantitative estimate of drug-likeness (QED) is 0.784. The third-order valence-corrected chi connectivity index (χ3v) is 5.74. The van der Waals surface area contributed by atoms with Crippen molar-refractivity contribution in [3.05, 3.63) is 63.6 Å². The number of nitrogens with one attached hydrogen (secondary N) is 1. The van der Waals surface area contributed by atoms with Crippen LogP contribution in [0.5, 0.6) is 0 Å². The molecule has 25 heavy (non-hydrogen) atoms. The van der Waals surface area contributed by atoms with Gasteiger partial charge in [-0.3, -0.25) is 14.5 Å². The molecule has 1 aliphatic heterocycles. The van der Waals surface area contributed by atoms with E-state index in [1.54, 1.807) is 6.07 Å². The van der Waals surface area contributed by atoms with E-state index in [2.05, 4.69) is 4.72 Å². The monoisotopic (exact) mass is 398 g/mol. The Hall–Kier alpha value is -1.93. The number of rotatable bonds is 5. The average Bonchev–Trinajstić information content (AvgIpc) is 2.81. The number of amides is 2. The van der Waals surface area contributed by atoms with E-state index < -0.39 is 21.8 Å². The van der Waals surface area contributed by atoms with Gasteiger partial charge >= 0.3 is 0 Å². The SMILES string of the molecule is O=C1c2cccc(Cl)c2C(=O)N1CCNS(=O)(=O)c1ccc(Cl)cc1. The van der Waals surface area contributed by atoms with Gasteiger partial charge in [0, 0.05) is 18.1 Å². The summed E-state index contributed by atoms with van der Waals surface area (Å²) in [5, 5.41) is 0.613. The van der Waals surface area contributed by atoms with Crippen molar-refractivity contribution in [2.75, 3.05) is 13.1 Å². The Labute approximate surface area is 154 Å². The van der Waals surface area contributed by atoms with Crippen LogP contribution in [0.2, 0.25) is 10.0 Å². The van der Waals surface area contributed by atoms with E-state index in [4.69, 9.17) is 23.2 Å². The molecule has 9 heteroatoms. The standard InChI is InChI=1S/C16H12Cl2N2O4S/c17-10-4-6-11(7-5-10)25(23,24)19-8-9-20-15(21)12-2-1-3-13(18)14(12)16(20)22/h1-7,19H,8-9H2. The third-order valence-electron chi connectivity index (χ3n) is 3.70. The summed E-state index contributed by atoms with van der Waals surface area (Å²) >= 11 is 11.7. The van der Waals surface area contributed by atoms with Crippen LogP contribution in [0.3, 0.4) is 0 Å². The fraction of sp³-hybridized carbons (Fsp3) is 0.125. The minimum Gasteiger partial charge on any atom is -0.273 e. The first-order valence-corrected chi connectivity index (χ1v) is 9.45. The zero-order chi connectivity index (χ0) is 18.2. The average molecular weight is 399 g/mol. The summed E-state index contributed by atoms with van der Waals surface area (Å²) in [5.74, 6) is -1.02. The molecule has 2 aromatic rings. The van der Waals surface area contributed by atoms with Gasteiger partial charge in [0.25, 0.3) is 11.8 Å². The van der Waals surface area contributed by atoms with Gasteiger partial charge in [-0.05, 0) is 36.4 Å². The molecule has 0 unspecified atom stereocenters. The van der Waals surface area contributed by atoms with Crippen LogP contribution < -0.4 is 4.72 Å². The lowest BCUT2D eigenvalue weighted by molar-refractivity contribution is 0.0657. The molecule has 0 saturated heterocycles. The Morgan fingerprint density at radius 2 is 1.64 bits per heavy atom. The van der Waals surface area contributed by atoms with Gasteiger partial charge in [-0.2, -0.15) is 0 Å². The lowest BCUT2D eigenvalue weighted by Crippen LogP contribution is -2.38. The fourth-order valence-corrected chi connectivity index (χ4v) is 3.89. The molecule has 0 fully saturated rings. The number of halogens is 2. The molecule has 3 rings (SSSR count). The van der Waals surface area contributed by atoms with Gasteiger partial charge in [0.05, 0.1) is 21.0 Å². The lowest BCUT2D eigenvalue weighted by atomic mass is 10.1. The first-order chi connectivity index (χ1) is 11.8. The molecular weight excluding hydrogens is 387 g/mol. The van der Waals surface area contributed by atoms with Crippen molar-refractivity contribution in [3.63, 3.8) is 0 Å². The molecule has 0 radical (unpaired) electrons. The number of carbonyl (C=O) groups is 2. The van der Waals surface area contributed by atoms with E-state index >= 15 is 0 Å². The van der Waals surface area contributed by atoms with Gasteiger partial charge in [0.1, 0.15) is 0 Å². The van der Waals surface area contributed by atoms with Gasteiger partial charge in [-0.1, -0.05) is 29.3 Å². The molecule has 0 atom stereocenters. The molecule has 130 valence electrons. The number of benzene rings is 2. The largest absolute Gasteiger partial charge is 0.273 e. The smallest absolute Gasteiger partial charge is 0.263 e. The topological polar surface area (TPSA) is 83.6 Å². The predicted molar refractivity (Wildman–Crippen MR) is 93.5 cm³/mol. The number of fused-ring (bicyclic) bond motifs is 1. The van der Waals surface area contributed by atoms with E-state index in [1.165, 1.54) is 36.4 Å². The lowest BCUT2D eigenvalue weighted by Gasteiger charge is -2.14.